The van der Waals surface area contributed by atoms with Crippen molar-refractivity contribution in [2.24, 2.45) is 5.92 Å². The molecular formula is C27H37N3O. The second-order valence-electron chi connectivity index (χ2n) is 9.21. The highest BCUT2D eigenvalue weighted by atomic mass is 16.1. The summed E-state index contributed by atoms with van der Waals surface area (Å²) in [5, 5.41) is 3.15. The van der Waals surface area contributed by atoms with Gasteiger partial charge in [-0.05, 0) is 49.9 Å². The van der Waals surface area contributed by atoms with Gasteiger partial charge in [0.2, 0.25) is 5.91 Å². The molecule has 0 atom stereocenters. The molecule has 0 radical (unpaired) electrons. The fourth-order valence-electron chi connectivity index (χ4n) is 5.10. The van der Waals surface area contributed by atoms with E-state index in [2.05, 4.69) is 33.3 Å². The molecule has 4 rings (SSSR count). The average Bonchev–Trinajstić information content (AvgIpc) is 3.04. The largest absolute Gasteiger partial charge is 0.325 e. The lowest BCUT2D eigenvalue weighted by atomic mass is 9.89. The summed E-state index contributed by atoms with van der Waals surface area (Å²) in [6.45, 7) is 6.68. The summed E-state index contributed by atoms with van der Waals surface area (Å²) in [6, 6.07) is 18.3. The molecule has 1 amide bonds. The standard InChI is InChI=1S/C27H37N3O/c31-27(28-26-15-8-7-14-25(26)24-12-5-2-6-13-24)16-19-29-17-9-18-30(21-20-29)22-23-10-3-1-4-11-23/h2,5-8,12-15,23H,1,3-4,9-11,16-22H2,(H,28,31). The molecule has 2 aliphatic rings. The van der Waals surface area contributed by atoms with E-state index in [-0.39, 0.29) is 5.91 Å². The van der Waals surface area contributed by atoms with Crippen molar-refractivity contribution in [2.45, 2.75) is 44.9 Å². The van der Waals surface area contributed by atoms with E-state index in [0.717, 1.165) is 48.9 Å². The summed E-state index contributed by atoms with van der Waals surface area (Å²) in [5.41, 5.74) is 3.10. The van der Waals surface area contributed by atoms with Crippen LogP contribution in [0.3, 0.4) is 0 Å². The van der Waals surface area contributed by atoms with Crippen molar-refractivity contribution in [2.75, 3.05) is 44.6 Å². The molecule has 1 heterocycles. The third-order valence-electron chi connectivity index (χ3n) is 6.86. The smallest absolute Gasteiger partial charge is 0.225 e. The van der Waals surface area contributed by atoms with Crippen molar-refractivity contribution < 1.29 is 4.79 Å². The third-order valence-corrected chi connectivity index (χ3v) is 6.86. The molecule has 0 spiro atoms. The Hall–Kier alpha value is -2.17. The van der Waals surface area contributed by atoms with Crippen LogP contribution in [-0.2, 0) is 4.79 Å². The lowest BCUT2D eigenvalue weighted by Crippen LogP contribution is -2.35. The molecule has 1 saturated carbocycles. The quantitative estimate of drug-likeness (QED) is 0.664. The Morgan fingerprint density at radius 2 is 1.52 bits per heavy atom. The number of hydrogen-bond acceptors (Lipinski definition) is 3. The van der Waals surface area contributed by atoms with Gasteiger partial charge < -0.3 is 15.1 Å². The molecule has 1 N–H and O–H groups in total. The Kier molecular flexibility index (Phi) is 8.14. The Bertz CT molecular complexity index is 816. The van der Waals surface area contributed by atoms with E-state index in [0.29, 0.717) is 6.42 Å². The molecule has 1 saturated heterocycles. The zero-order valence-electron chi connectivity index (χ0n) is 18.8. The molecule has 1 aliphatic heterocycles. The molecule has 31 heavy (non-hydrogen) atoms. The average molecular weight is 420 g/mol. The first-order valence-corrected chi connectivity index (χ1v) is 12.2. The Balaban J connectivity index is 1.24. The van der Waals surface area contributed by atoms with Gasteiger partial charge in [0.1, 0.15) is 0 Å². The van der Waals surface area contributed by atoms with Crippen molar-refractivity contribution in [3.8, 4) is 11.1 Å². The van der Waals surface area contributed by atoms with Crippen LogP contribution >= 0.6 is 0 Å². The summed E-state index contributed by atoms with van der Waals surface area (Å²) in [5.74, 6) is 1.02. The number of carbonyl (C=O) groups is 1. The van der Waals surface area contributed by atoms with Crippen LogP contribution in [0, 0.1) is 5.92 Å². The van der Waals surface area contributed by atoms with Gasteiger partial charge in [0.15, 0.2) is 0 Å². The molecule has 0 unspecified atom stereocenters. The summed E-state index contributed by atoms with van der Waals surface area (Å²) in [4.78, 5) is 17.9. The predicted molar refractivity (Wildman–Crippen MR) is 129 cm³/mol. The number of anilines is 1. The van der Waals surface area contributed by atoms with Crippen LogP contribution in [0.15, 0.2) is 54.6 Å². The number of benzene rings is 2. The second-order valence-corrected chi connectivity index (χ2v) is 9.21. The van der Waals surface area contributed by atoms with Crippen LogP contribution < -0.4 is 5.32 Å². The second kappa shape index (κ2) is 11.4. The fourth-order valence-corrected chi connectivity index (χ4v) is 5.10. The van der Waals surface area contributed by atoms with Gasteiger partial charge >= 0.3 is 0 Å². The molecule has 0 aromatic heterocycles. The van der Waals surface area contributed by atoms with Crippen LogP contribution in [0.25, 0.3) is 11.1 Å². The predicted octanol–water partition coefficient (Wildman–Crippen LogP) is 5.27. The van der Waals surface area contributed by atoms with Gasteiger partial charge in [-0.2, -0.15) is 0 Å². The maximum absolute atomic E-state index is 12.7. The highest BCUT2D eigenvalue weighted by molar-refractivity contribution is 5.95. The van der Waals surface area contributed by atoms with Crippen molar-refractivity contribution in [3.05, 3.63) is 54.6 Å². The molecule has 166 valence electrons. The van der Waals surface area contributed by atoms with E-state index in [1.165, 1.54) is 51.6 Å². The Labute approximate surface area is 187 Å². The van der Waals surface area contributed by atoms with Crippen LogP contribution in [0.1, 0.15) is 44.9 Å². The van der Waals surface area contributed by atoms with Crippen molar-refractivity contribution >= 4 is 11.6 Å². The number of amides is 1. The van der Waals surface area contributed by atoms with Gasteiger partial charge in [-0.3, -0.25) is 4.79 Å². The van der Waals surface area contributed by atoms with Gasteiger partial charge in [-0.1, -0.05) is 67.8 Å². The Morgan fingerprint density at radius 3 is 2.35 bits per heavy atom. The van der Waals surface area contributed by atoms with Gasteiger partial charge in [-0.15, -0.1) is 0 Å². The minimum absolute atomic E-state index is 0.103. The van der Waals surface area contributed by atoms with E-state index in [1.54, 1.807) is 0 Å². The van der Waals surface area contributed by atoms with Crippen LogP contribution in [0.4, 0.5) is 5.69 Å². The maximum atomic E-state index is 12.7. The number of rotatable bonds is 7. The minimum Gasteiger partial charge on any atom is -0.325 e. The number of nitrogens with zero attached hydrogens (tertiary/aromatic N) is 2. The monoisotopic (exact) mass is 419 g/mol. The van der Waals surface area contributed by atoms with Crippen molar-refractivity contribution in [1.82, 2.24) is 9.80 Å². The fraction of sp³-hybridized carbons (Fsp3) is 0.519. The molecule has 2 aromatic carbocycles. The first kappa shape index (κ1) is 22.0. The third kappa shape index (κ3) is 6.65. The molecule has 0 bridgehead atoms. The van der Waals surface area contributed by atoms with E-state index in [1.807, 2.05) is 36.4 Å². The van der Waals surface area contributed by atoms with Crippen molar-refractivity contribution in [1.29, 1.82) is 0 Å². The Morgan fingerprint density at radius 1 is 0.806 bits per heavy atom. The zero-order valence-corrected chi connectivity index (χ0v) is 18.8. The van der Waals surface area contributed by atoms with Crippen LogP contribution in [-0.4, -0.2) is 55.0 Å². The summed E-state index contributed by atoms with van der Waals surface area (Å²) >= 11 is 0. The van der Waals surface area contributed by atoms with Crippen molar-refractivity contribution in [3.63, 3.8) is 0 Å². The van der Waals surface area contributed by atoms with E-state index in [4.69, 9.17) is 0 Å². The topological polar surface area (TPSA) is 35.6 Å². The van der Waals surface area contributed by atoms with E-state index < -0.39 is 0 Å². The number of hydrogen-bond donors (Lipinski definition) is 1. The highest BCUT2D eigenvalue weighted by Gasteiger charge is 2.20. The molecule has 1 aliphatic carbocycles. The molecule has 2 aromatic rings. The zero-order chi connectivity index (χ0) is 21.3. The number of nitrogens with one attached hydrogen (secondary N) is 1. The van der Waals surface area contributed by atoms with E-state index >= 15 is 0 Å². The molecule has 4 heteroatoms. The number of para-hydroxylation sites is 1. The van der Waals surface area contributed by atoms with Crippen LogP contribution in [0.5, 0.6) is 0 Å². The molecule has 2 fully saturated rings. The lowest BCUT2D eigenvalue weighted by Gasteiger charge is -2.28. The molecular weight excluding hydrogens is 382 g/mol. The van der Waals surface area contributed by atoms with Gasteiger partial charge in [-0.25, -0.2) is 0 Å². The van der Waals surface area contributed by atoms with Gasteiger partial charge in [0.25, 0.3) is 0 Å². The normalized spacial score (nSPS) is 19.1. The van der Waals surface area contributed by atoms with Gasteiger partial charge in [0.05, 0.1) is 0 Å². The number of carbonyl (C=O) groups excluding carboxylic acids is 1. The first-order chi connectivity index (χ1) is 15.3. The van der Waals surface area contributed by atoms with Gasteiger partial charge in [0, 0.05) is 43.9 Å². The lowest BCUT2D eigenvalue weighted by molar-refractivity contribution is -0.116. The summed E-state index contributed by atoms with van der Waals surface area (Å²) in [7, 11) is 0. The summed E-state index contributed by atoms with van der Waals surface area (Å²) < 4.78 is 0. The van der Waals surface area contributed by atoms with E-state index in [9.17, 15) is 4.79 Å². The SMILES string of the molecule is O=C(CCN1CCCN(CC2CCCCC2)CC1)Nc1ccccc1-c1ccccc1. The minimum atomic E-state index is 0.103. The highest BCUT2D eigenvalue weighted by Crippen LogP contribution is 2.28. The summed E-state index contributed by atoms with van der Waals surface area (Å²) in [6.07, 6.45) is 8.88. The molecule has 4 nitrogen and oxygen atoms in total. The van der Waals surface area contributed by atoms with Crippen LogP contribution in [0.2, 0.25) is 0 Å². The first-order valence-electron chi connectivity index (χ1n) is 12.2. The maximum Gasteiger partial charge on any atom is 0.225 e.